The van der Waals surface area contributed by atoms with Crippen LogP contribution >= 0.6 is 0 Å². The molecule has 0 saturated carbocycles. The van der Waals surface area contributed by atoms with Crippen LogP contribution in [0.1, 0.15) is 62.3 Å². The molecule has 0 aliphatic carbocycles. The molecule has 0 atom stereocenters. The maximum Gasteiger partial charge on any atom is 0.343 e. The molecule has 240 valence electrons. The first-order chi connectivity index (χ1) is 21.4. The Balaban J connectivity index is 1.52. The molecule has 13 nitrogen and oxygen atoms in total. The van der Waals surface area contributed by atoms with Gasteiger partial charge in [0.1, 0.15) is 17.0 Å². The number of ether oxygens (including phenoxy) is 2. The Morgan fingerprint density at radius 1 is 1.20 bits per heavy atom. The van der Waals surface area contributed by atoms with E-state index < -0.39 is 10.9 Å². The molecule has 2 aliphatic heterocycles. The third-order valence-electron chi connectivity index (χ3n) is 8.19. The largest absolute Gasteiger partial charge is 0.494 e. The Hall–Kier alpha value is -4.52. The van der Waals surface area contributed by atoms with Crippen molar-refractivity contribution >= 4 is 40.5 Å². The second-order valence-corrected chi connectivity index (χ2v) is 12.6. The van der Waals surface area contributed by atoms with Gasteiger partial charge in [0, 0.05) is 56.1 Å². The monoisotopic (exact) mass is 618 g/mol. The van der Waals surface area contributed by atoms with Crippen LogP contribution in [-0.4, -0.2) is 83.7 Å². The Kier molecular flexibility index (Phi) is 9.10. The van der Waals surface area contributed by atoms with Crippen molar-refractivity contribution < 1.29 is 19.2 Å². The summed E-state index contributed by atoms with van der Waals surface area (Å²) in [5, 5.41) is 15.3. The van der Waals surface area contributed by atoms with Gasteiger partial charge in [0.05, 0.1) is 35.2 Å². The molecule has 1 N–H and O–H groups in total. The van der Waals surface area contributed by atoms with Crippen LogP contribution in [0.15, 0.2) is 30.5 Å². The van der Waals surface area contributed by atoms with Crippen molar-refractivity contribution in [2.45, 2.75) is 59.0 Å². The molecule has 2 aromatic heterocycles. The molecule has 4 heterocycles. The molecule has 3 aromatic rings. The summed E-state index contributed by atoms with van der Waals surface area (Å²) < 4.78 is 11.2. The number of nitrogens with one attached hydrogen (secondary N) is 1. The van der Waals surface area contributed by atoms with E-state index in [4.69, 9.17) is 19.4 Å². The summed E-state index contributed by atoms with van der Waals surface area (Å²) >= 11 is 0. The number of likely N-dealkylation sites (tertiary alicyclic amines) is 1. The zero-order valence-electron chi connectivity index (χ0n) is 27.1. The predicted octanol–water partition coefficient (Wildman–Crippen LogP) is 5.37. The van der Waals surface area contributed by atoms with Crippen molar-refractivity contribution in [1.82, 2.24) is 19.9 Å². The summed E-state index contributed by atoms with van der Waals surface area (Å²) in [5.74, 6) is 0.333. The molecule has 0 bridgehead atoms. The minimum atomic E-state index is -0.549. The number of benzene rings is 1. The van der Waals surface area contributed by atoms with Crippen LogP contribution in [0.4, 0.5) is 34.5 Å². The van der Waals surface area contributed by atoms with Crippen LogP contribution in [0, 0.1) is 17.0 Å². The second-order valence-electron chi connectivity index (χ2n) is 12.6. The van der Waals surface area contributed by atoms with E-state index in [0.717, 1.165) is 36.7 Å². The third kappa shape index (κ3) is 6.77. The van der Waals surface area contributed by atoms with Crippen molar-refractivity contribution in [3.63, 3.8) is 0 Å². The summed E-state index contributed by atoms with van der Waals surface area (Å²) in [6, 6.07) is 7.00. The fraction of sp³-hybridized carbons (Fsp3) is 0.500. The highest BCUT2D eigenvalue weighted by Gasteiger charge is 2.40. The lowest BCUT2D eigenvalue weighted by atomic mass is 9.91. The van der Waals surface area contributed by atoms with Crippen LogP contribution in [0.3, 0.4) is 0 Å². The lowest BCUT2D eigenvalue weighted by Gasteiger charge is -2.24. The third-order valence-corrected chi connectivity index (χ3v) is 8.19. The van der Waals surface area contributed by atoms with E-state index in [-0.39, 0.29) is 28.7 Å². The number of carbonyl (C=O) groups excluding carboxylic acids is 1. The van der Waals surface area contributed by atoms with Gasteiger partial charge in [0.25, 0.3) is 5.69 Å². The van der Waals surface area contributed by atoms with Crippen LogP contribution in [0.25, 0.3) is 0 Å². The smallest absolute Gasteiger partial charge is 0.343 e. The average molecular weight is 619 g/mol. The summed E-state index contributed by atoms with van der Waals surface area (Å²) in [5.41, 5.74) is 3.22. The fourth-order valence-electron chi connectivity index (χ4n) is 5.88. The number of nitrogens with zero attached hydrogens (tertiary/aromatic N) is 7. The number of fused-ring (bicyclic) bond motifs is 1. The van der Waals surface area contributed by atoms with Crippen LogP contribution < -0.4 is 19.9 Å². The highest BCUT2D eigenvalue weighted by Crippen LogP contribution is 2.44. The minimum absolute atomic E-state index is 0.0729. The van der Waals surface area contributed by atoms with Gasteiger partial charge in [-0.05, 0) is 58.8 Å². The molecule has 0 unspecified atom stereocenters. The standard InChI is InChI=1S/C32H42N8O5/c1-20(2)45-30(41)22-18-33-31(36-29(22)39-19-32(4,5)28-24(39)11-10-21(3)34-28)35-23-16-26(40(42)43)25(17-27(23)44-7)37(6)14-15-38-12-8-9-13-38/h10-11,16-18,20H,8-9,12-15,19H2,1-7H3,(H,33,35,36). The number of nitro groups is 1. The van der Waals surface area contributed by atoms with Gasteiger partial charge in [-0.25, -0.2) is 9.78 Å². The van der Waals surface area contributed by atoms with Gasteiger partial charge < -0.3 is 29.5 Å². The highest BCUT2D eigenvalue weighted by atomic mass is 16.6. The number of hydrogen-bond donors (Lipinski definition) is 1. The summed E-state index contributed by atoms with van der Waals surface area (Å²) in [6.45, 7) is 13.8. The SMILES string of the molecule is COc1cc(N(C)CCN2CCCC2)c([N+](=O)[O-])cc1Nc1ncc(C(=O)OC(C)C)c(N2CC(C)(C)c3nc(C)ccc32)n1. The van der Waals surface area contributed by atoms with E-state index in [1.165, 1.54) is 32.2 Å². The first-order valence-electron chi connectivity index (χ1n) is 15.3. The van der Waals surface area contributed by atoms with E-state index in [1.54, 1.807) is 19.9 Å². The number of aromatic nitrogens is 3. The number of methoxy groups -OCH3 is 1. The number of likely N-dealkylation sites (N-methyl/N-ethyl adjacent to an activating group) is 1. The maximum atomic E-state index is 13.2. The van der Waals surface area contributed by atoms with Crippen molar-refractivity contribution in [3.8, 4) is 5.75 Å². The van der Waals surface area contributed by atoms with Crippen molar-refractivity contribution in [2.24, 2.45) is 0 Å². The highest BCUT2D eigenvalue weighted by molar-refractivity contribution is 5.96. The van der Waals surface area contributed by atoms with Gasteiger partial charge in [0.15, 0.2) is 5.82 Å². The molecular formula is C32H42N8O5. The normalized spacial score (nSPS) is 15.7. The lowest BCUT2D eigenvalue weighted by molar-refractivity contribution is -0.384. The number of esters is 1. The van der Waals surface area contributed by atoms with E-state index in [1.807, 2.05) is 35.9 Å². The molecule has 1 aromatic carbocycles. The van der Waals surface area contributed by atoms with E-state index in [0.29, 0.717) is 36.0 Å². The number of pyridine rings is 1. The Labute approximate surface area is 263 Å². The van der Waals surface area contributed by atoms with E-state index >= 15 is 0 Å². The number of nitro benzene ring substituents is 1. The molecule has 0 spiro atoms. The van der Waals surface area contributed by atoms with E-state index in [9.17, 15) is 14.9 Å². The van der Waals surface area contributed by atoms with Crippen LogP contribution in [0.2, 0.25) is 0 Å². The van der Waals surface area contributed by atoms with Crippen LogP contribution in [0.5, 0.6) is 5.75 Å². The number of rotatable bonds is 11. The summed E-state index contributed by atoms with van der Waals surface area (Å²) in [7, 11) is 3.36. The number of hydrogen-bond acceptors (Lipinski definition) is 12. The van der Waals surface area contributed by atoms with Crippen molar-refractivity contribution in [2.75, 3.05) is 62.0 Å². The summed E-state index contributed by atoms with van der Waals surface area (Å²) in [6.07, 6.45) is 3.44. The van der Waals surface area contributed by atoms with Gasteiger partial charge in [-0.3, -0.25) is 15.1 Å². The molecule has 2 aliphatic rings. The first kappa shape index (κ1) is 31.9. The van der Waals surface area contributed by atoms with Crippen LogP contribution in [-0.2, 0) is 10.2 Å². The molecule has 45 heavy (non-hydrogen) atoms. The Morgan fingerprint density at radius 3 is 2.60 bits per heavy atom. The minimum Gasteiger partial charge on any atom is -0.494 e. The lowest BCUT2D eigenvalue weighted by Crippen LogP contribution is -2.31. The second kappa shape index (κ2) is 12.8. The van der Waals surface area contributed by atoms with Gasteiger partial charge in [0.2, 0.25) is 5.95 Å². The van der Waals surface area contributed by atoms with Crippen molar-refractivity contribution in [1.29, 1.82) is 0 Å². The molecule has 13 heteroatoms. The predicted molar refractivity (Wildman–Crippen MR) is 173 cm³/mol. The zero-order valence-corrected chi connectivity index (χ0v) is 27.1. The molecule has 0 radical (unpaired) electrons. The number of anilines is 5. The molecule has 1 fully saturated rings. The maximum absolute atomic E-state index is 13.2. The quantitative estimate of drug-likeness (QED) is 0.168. The van der Waals surface area contributed by atoms with Crippen molar-refractivity contribution in [3.05, 3.63) is 57.5 Å². The number of carbonyl (C=O) groups is 1. The zero-order chi connectivity index (χ0) is 32.5. The molecule has 1 saturated heterocycles. The summed E-state index contributed by atoms with van der Waals surface area (Å²) in [4.78, 5) is 45.2. The van der Waals surface area contributed by atoms with Gasteiger partial charge in [-0.15, -0.1) is 0 Å². The number of aryl methyl sites for hydroxylation is 1. The Bertz CT molecular complexity index is 1590. The topological polar surface area (TPSA) is 139 Å². The molecule has 5 rings (SSSR count). The molecule has 0 amide bonds. The van der Waals surface area contributed by atoms with E-state index in [2.05, 4.69) is 29.0 Å². The fourth-order valence-corrected chi connectivity index (χ4v) is 5.88. The van der Waals surface area contributed by atoms with Gasteiger partial charge in [-0.1, -0.05) is 13.8 Å². The Morgan fingerprint density at radius 2 is 1.93 bits per heavy atom. The first-order valence-corrected chi connectivity index (χ1v) is 15.3. The van der Waals surface area contributed by atoms with Gasteiger partial charge in [-0.2, -0.15) is 4.98 Å². The molecular weight excluding hydrogens is 576 g/mol. The average Bonchev–Trinajstić information content (AvgIpc) is 3.60. The van der Waals surface area contributed by atoms with Gasteiger partial charge >= 0.3 is 5.97 Å².